The highest BCUT2D eigenvalue weighted by molar-refractivity contribution is 7.99. The molecule has 0 saturated carbocycles. The highest BCUT2D eigenvalue weighted by Crippen LogP contribution is 2.40. The molecular formula is C15H12N2O3S. The SMILES string of the molecule is CC(C(=O)O)N1C(=O)c2cccnc2Sc2ccccc21. The number of nitrogens with zero attached hydrogens (tertiary/aromatic N) is 2. The minimum Gasteiger partial charge on any atom is -0.480 e. The number of fused-ring (bicyclic) bond motifs is 2. The van der Waals surface area contributed by atoms with Gasteiger partial charge in [0.1, 0.15) is 11.1 Å². The lowest BCUT2D eigenvalue weighted by Crippen LogP contribution is -2.43. The minimum atomic E-state index is -1.05. The van der Waals surface area contributed by atoms with Crippen LogP contribution in [0.1, 0.15) is 17.3 Å². The van der Waals surface area contributed by atoms with Crippen molar-refractivity contribution in [3.05, 3.63) is 48.2 Å². The number of carboxylic acids is 1. The molecule has 2 aromatic rings. The van der Waals surface area contributed by atoms with E-state index in [1.165, 1.54) is 23.6 Å². The van der Waals surface area contributed by atoms with E-state index in [2.05, 4.69) is 4.98 Å². The number of hydrogen-bond acceptors (Lipinski definition) is 4. The minimum absolute atomic E-state index is 0.342. The van der Waals surface area contributed by atoms with Gasteiger partial charge in [0, 0.05) is 11.1 Å². The van der Waals surface area contributed by atoms with E-state index < -0.39 is 12.0 Å². The van der Waals surface area contributed by atoms with Gasteiger partial charge in [-0.15, -0.1) is 0 Å². The lowest BCUT2D eigenvalue weighted by atomic mass is 10.1. The van der Waals surface area contributed by atoms with Crippen LogP contribution in [0.3, 0.4) is 0 Å². The van der Waals surface area contributed by atoms with Crippen LogP contribution in [0, 0.1) is 0 Å². The highest BCUT2D eigenvalue weighted by Gasteiger charge is 2.33. The number of para-hydroxylation sites is 1. The Morgan fingerprint density at radius 2 is 2.05 bits per heavy atom. The third-order valence-corrected chi connectivity index (χ3v) is 4.38. The van der Waals surface area contributed by atoms with E-state index in [9.17, 15) is 14.7 Å². The molecule has 2 heterocycles. The summed E-state index contributed by atoms with van der Waals surface area (Å²) in [5.74, 6) is -1.39. The fourth-order valence-electron chi connectivity index (χ4n) is 2.22. The molecule has 6 heteroatoms. The third-order valence-electron chi connectivity index (χ3n) is 3.30. The number of hydrogen-bond donors (Lipinski definition) is 1. The van der Waals surface area contributed by atoms with E-state index in [-0.39, 0.29) is 5.91 Å². The molecule has 1 aromatic carbocycles. The van der Waals surface area contributed by atoms with Crippen LogP contribution < -0.4 is 4.90 Å². The first-order valence-electron chi connectivity index (χ1n) is 6.38. The van der Waals surface area contributed by atoms with E-state index in [0.717, 1.165) is 4.90 Å². The van der Waals surface area contributed by atoms with Crippen LogP contribution in [-0.4, -0.2) is 28.0 Å². The van der Waals surface area contributed by atoms with Crippen molar-refractivity contribution in [2.24, 2.45) is 0 Å². The van der Waals surface area contributed by atoms with Crippen molar-refractivity contribution in [3.63, 3.8) is 0 Å². The smallest absolute Gasteiger partial charge is 0.326 e. The molecule has 3 rings (SSSR count). The van der Waals surface area contributed by atoms with Crippen LogP contribution in [-0.2, 0) is 4.79 Å². The number of rotatable bonds is 2. The van der Waals surface area contributed by atoms with Crippen LogP contribution in [0.25, 0.3) is 0 Å². The van der Waals surface area contributed by atoms with Crippen LogP contribution in [0.2, 0.25) is 0 Å². The van der Waals surface area contributed by atoms with Gasteiger partial charge in [-0.3, -0.25) is 9.69 Å². The molecule has 0 saturated heterocycles. The van der Waals surface area contributed by atoms with Crippen molar-refractivity contribution in [1.29, 1.82) is 0 Å². The fraction of sp³-hybridized carbons (Fsp3) is 0.133. The topological polar surface area (TPSA) is 70.5 Å². The largest absolute Gasteiger partial charge is 0.480 e. The van der Waals surface area contributed by atoms with Crippen molar-refractivity contribution in [2.45, 2.75) is 22.9 Å². The lowest BCUT2D eigenvalue weighted by molar-refractivity contribution is -0.138. The summed E-state index contributed by atoms with van der Waals surface area (Å²) in [7, 11) is 0. The van der Waals surface area contributed by atoms with Gasteiger partial charge in [-0.2, -0.15) is 0 Å². The molecule has 1 aliphatic heterocycles. The Labute approximate surface area is 125 Å². The highest BCUT2D eigenvalue weighted by atomic mass is 32.2. The molecule has 106 valence electrons. The average Bonchev–Trinajstić information content (AvgIpc) is 2.61. The van der Waals surface area contributed by atoms with Crippen LogP contribution in [0.15, 0.2) is 52.5 Å². The van der Waals surface area contributed by atoms with Crippen LogP contribution in [0.5, 0.6) is 0 Å². The third kappa shape index (κ3) is 2.27. The predicted octanol–water partition coefficient (Wildman–Crippen LogP) is 2.67. The molecule has 1 unspecified atom stereocenters. The van der Waals surface area contributed by atoms with E-state index in [1.807, 2.05) is 12.1 Å². The number of pyridine rings is 1. The zero-order chi connectivity index (χ0) is 15.0. The van der Waals surface area contributed by atoms with Gasteiger partial charge < -0.3 is 5.11 Å². The molecule has 1 aromatic heterocycles. The van der Waals surface area contributed by atoms with E-state index in [0.29, 0.717) is 16.3 Å². The quantitative estimate of drug-likeness (QED) is 0.923. The second kappa shape index (κ2) is 5.21. The van der Waals surface area contributed by atoms with Crippen molar-refractivity contribution in [2.75, 3.05) is 4.90 Å². The molecule has 0 aliphatic carbocycles. The number of amides is 1. The number of anilines is 1. The zero-order valence-electron chi connectivity index (χ0n) is 11.2. The van der Waals surface area contributed by atoms with Crippen LogP contribution in [0.4, 0.5) is 5.69 Å². The van der Waals surface area contributed by atoms with Gasteiger partial charge in [0.05, 0.1) is 11.3 Å². The van der Waals surface area contributed by atoms with Crippen molar-refractivity contribution in [1.82, 2.24) is 4.98 Å². The van der Waals surface area contributed by atoms with Gasteiger partial charge in [-0.25, -0.2) is 9.78 Å². The molecule has 0 spiro atoms. The average molecular weight is 300 g/mol. The molecule has 1 atom stereocenters. The number of benzene rings is 1. The molecule has 0 bridgehead atoms. The second-order valence-electron chi connectivity index (χ2n) is 4.62. The summed E-state index contributed by atoms with van der Waals surface area (Å²) < 4.78 is 0. The van der Waals surface area contributed by atoms with Gasteiger partial charge in [0.15, 0.2) is 0 Å². The number of aromatic nitrogens is 1. The summed E-state index contributed by atoms with van der Waals surface area (Å²) in [5, 5.41) is 9.89. The second-order valence-corrected chi connectivity index (χ2v) is 5.65. The van der Waals surface area contributed by atoms with Gasteiger partial charge in [-0.1, -0.05) is 23.9 Å². The maximum atomic E-state index is 12.8. The van der Waals surface area contributed by atoms with Gasteiger partial charge >= 0.3 is 5.97 Å². The monoisotopic (exact) mass is 300 g/mol. The first-order chi connectivity index (χ1) is 10.1. The van der Waals surface area contributed by atoms with Crippen molar-refractivity contribution >= 4 is 29.3 Å². The van der Waals surface area contributed by atoms with E-state index >= 15 is 0 Å². The van der Waals surface area contributed by atoms with Gasteiger partial charge in [0.2, 0.25) is 0 Å². The van der Waals surface area contributed by atoms with Crippen molar-refractivity contribution < 1.29 is 14.7 Å². The first-order valence-corrected chi connectivity index (χ1v) is 7.19. The molecule has 21 heavy (non-hydrogen) atoms. The first kappa shape index (κ1) is 13.6. The lowest BCUT2D eigenvalue weighted by Gasteiger charge is -2.26. The number of carboxylic acid groups (broad SMARTS) is 1. The summed E-state index contributed by atoms with van der Waals surface area (Å²) in [6, 6.07) is 9.66. The predicted molar refractivity (Wildman–Crippen MR) is 78.7 cm³/mol. The normalized spacial score (nSPS) is 14.9. The van der Waals surface area contributed by atoms with Crippen LogP contribution >= 0.6 is 11.8 Å². The Bertz CT molecular complexity index is 732. The maximum absolute atomic E-state index is 12.8. The zero-order valence-corrected chi connectivity index (χ0v) is 12.0. The molecular weight excluding hydrogens is 288 g/mol. The molecule has 0 fully saturated rings. The number of aliphatic carboxylic acids is 1. The molecule has 5 nitrogen and oxygen atoms in total. The Balaban J connectivity index is 2.23. The Kier molecular flexibility index (Phi) is 3.39. The number of carbonyl (C=O) groups is 2. The van der Waals surface area contributed by atoms with Gasteiger partial charge in [-0.05, 0) is 31.2 Å². The molecule has 1 N–H and O–H groups in total. The summed E-state index contributed by atoms with van der Waals surface area (Å²) in [6.07, 6.45) is 1.62. The maximum Gasteiger partial charge on any atom is 0.326 e. The fourth-order valence-corrected chi connectivity index (χ4v) is 3.22. The molecule has 1 aliphatic rings. The summed E-state index contributed by atoms with van der Waals surface area (Å²) >= 11 is 1.37. The summed E-state index contributed by atoms with van der Waals surface area (Å²) in [5.41, 5.74) is 1.02. The Morgan fingerprint density at radius 1 is 1.29 bits per heavy atom. The Morgan fingerprint density at radius 3 is 2.81 bits per heavy atom. The van der Waals surface area contributed by atoms with E-state index in [4.69, 9.17) is 0 Å². The molecule has 1 amide bonds. The van der Waals surface area contributed by atoms with E-state index in [1.54, 1.807) is 30.5 Å². The summed E-state index contributed by atoms with van der Waals surface area (Å²) in [6.45, 7) is 1.50. The summed E-state index contributed by atoms with van der Waals surface area (Å²) in [4.78, 5) is 30.5. The standard InChI is InChI=1S/C15H12N2O3S/c1-9(15(19)20)17-11-6-2-3-7-12(11)21-13-10(14(17)18)5-4-8-16-13/h2-9H,1H3,(H,19,20). The Hall–Kier alpha value is -2.34. The molecule has 0 radical (unpaired) electrons. The van der Waals surface area contributed by atoms with Gasteiger partial charge in [0.25, 0.3) is 5.91 Å². The van der Waals surface area contributed by atoms with Crippen molar-refractivity contribution in [3.8, 4) is 0 Å². The number of carbonyl (C=O) groups excluding carboxylic acids is 1.